The van der Waals surface area contributed by atoms with Crippen molar-refractivity contribution in [3.63, 3.8) is 0 Å². The molecule has 1 aromatic rings. The number of rotatable bonds is 3. The van der Waals surface area contributed by atoms with Gasteiger partial charge in [-0.25, -0.2) is 0 Å². The number of carbonyl (C=O) groups excluding carboxylic acids is 1. The molecule has 0 bridgehead atoms. The molecule has 1 amide bonds. The fraction of sp³-hybridized carbons (Fsp3) is 0.615. The van der Waals surface area contributed by atoms with Crippen molar-refractivity contribution in [3.05, 3.63) is 20.8 Å². The quantitative estimate of drug-likeness (QED) is 0.851. The molecule has 0 aromatic carbocycles. The molecule has 1 saturated heterocycles. The van der Waals surface area contributed by atoms with E-state index >= 15 is 0 Å². The second-order valence-electron chi connectivity index (χ2n) is 5.08. The first-order valence-electron chi connectivity index (χ1n) is 6.48. The maximum absolute atomic E-state index is 11.9. The number of nitrogens with zero attached hydrogens (tertiary/aromatic N) is 2. The van der Waals surface area contributed by atoms with E-state index in [1.54, 1.807) is 11.3 Å². The van der Waals surface area contributed by atoms with Gasteiger partial charge in [0, 0.05) is 43.5 Å². The summed E-state index contributed by atoms with van der Waals surface area (Å²) >= 11 is 5.29. The second-order valence-corrected chi connectivity index (χ2v) is 7.63. The first kappa shape index (κ1) is 12.6. The molecule has 0 spiro atoms. The van der Waals surface area contributed by atoms with E-state index in [1.165, 1.54) is 8.66 Å². The lowest BCUT2D eigenvalue weighted by Gasteiger charge is -2.34. The Bertz CT molecular complexity index is 436. The molecule has 98 valence electrons. The van der Waals surface area contributed by atoms with Crippen LogP contribution in [0, 0.1) is 5.92 Å². The minimum Gasteiger partial charge on any atom is -0.340 e. The Kier molecular flexibility index (Phi) is 3.73. The minimum atomic E-state index is 0.366. The van der Waals surface area contributed by atoms with Crippen molar-refractivity contribution in [3.8, 4) is 0 Å². The molecule has 3 rings (SSSR count). The van der Waals surface area contributed by atoms with Crippen LogP contribution in [-0.4, -0.2) is 41.9 Å². The summed E-state index contributed by atoms with van der Waals surface area (Å²) in [6, 6.07) is 4.28. The fourth-order valence-corrected chi connectivity index (χ4v) is 3.90. The third kappa shape index (κ3) is 2.95. The topological polar surface area (TPSA) is 23.6 Å². The molecule has 1 aromatic heterocycles. The predicted octanol–water partition coefficient (Wildman–Crippen LogP) is 2.56. The number of halogens is 1. The zero-order valence-electron chi connectivity index (χ0n) is 10.3. The van der Waals surface area contributed by atoms with Gasteiger partial charge in [0.2, 0.25) is 5.91 Å². The number of piperazine rings is 1. The number of hydrogen-bond acceptors (Lipinski definition) is 3. The summed E-state index contributed by atoms with van der Waals surface area (Å²) in [5.74, 6) is 0.762. The molecular formula is C13H17BrN2OS. The van der Waals surface area contributed by atoms with Gasteiger partial charge in [-0.05, 0) is 40.9 Å². The Balaban J connectivity index is 1.49. The molecule has 2 fully saturated rings. The molecule has 2 heterocycles. The standard InChI is InChI=1S/C13H17BrN2OS/c14-12-4-3-11(18-12)9-15-5-7-16(8-6-15)13(17)10-1-2-10/h3-4,10H,1-2,5-9H2. The Morgan fingerprint density at radius 1 is 1.28 bits per heavy atom. The van der Waals surface area contributed by atoms with Crippen LogP contribution in [0.2, 0.25) is 0 Å². The van der Waals surface area contributed by atoms with Gasteiger partial charge in [-0.1, -0.05) is 0 Å². The monoisotopic (exact) mass is 328 g/mol. The fourth-order valence-electron chi connectivity index (χ4n) is 2.37. The van der Waals surface area contributed by atoms with Crippen LogP contribution < -0.4 is 0 Å². The highest BCUT2D eigenvalue weighted by atomic mass is 79.9. The highest BCUT2D eigenvalue weighted by molar-refractivity contribution is 9.11. The van der Waals surface area contributed by atoms with Gasteiger partial charge in [0.15, 0.2) is 0 Å². The molecule has 5 heteroatoms. The van der Waals surface area contributed by atoms with Crippen molar-refractivity contribution < 1.29 is 4.79 Å². The van der Waals surface area contributed by atoms with Crippen LogP contribution in [-0.2, 0) is 11.3 Å². The van der Waals surface area contributed by atoms with E-state index in [9.17, 15) is 4.79 Å². The Morgan fingerprint density at radius 3 is 2.56 bits per heavy atom. The van der Waals surface area contributed by atoms with Crippen LogP contribution in [0.3, 0.4) is 0 Å². The third-order valence-corrected chi connectivity index (χ3v) is 5.23. The maximum Gasteiger partial charge on any atom is 0.225 e. The smallest absolute Gasteiger partial charge is 0.225 e. The lowest BCUT2D eigenvalue weighted by atomic mass is 10.2. The number of hydrogen-bond donors (Lipinski definition) is 0. The summed E-state index contributed by atoms with van der Waals surface area (Å²) in [5.41, 5.74) is 0. The summed E-state index contributed by atoms with van der Waals surface area (Å²) in [4.78, 5) is 17.8. The average Bonchev–Trinajstić information content (AvgIpc) is 3.14. The van der Waals surface area contributed by atoms with E-state index in [0.29, 0.717) is 11.8 Å². The van der Waals surface area contributed by atoms with Crippen molar-refractivity contribution in [2.24, 2.45) is 5.92 Å². The summed E-state index contributed by atoms with van der Waals surface area (Å²) in [7, 11) is 0. The summed E-state index contributed by atoms with van der Waals surface area (Å²) in [6.07, 6.45) is 2.23. The second kappa shape index (κ2) is 5.31. The number of carbonyl (C=O) groups is 1. The molecule has 18 heavy (non-hydrogen) atoms. The molecule has 0 unspecified atom stereocenters. The van der Waals surface area contributed by atoms with Crippen LogP contribution in [0.4, 0.5) is 0 Å². The van der Waals surface area contributed by atoms with E-state index in [0.717, 1.165) is 45.6 Å². The van der Waals surface area contributed by atoms with Gasteiger partial charge in [0.05, 0.1) is 3.79 Å². The van der Waals surface area contributed by atoms with Crippen LogP contribution in [0.25, 0.3) is 0 Å². The lowest BCUT2D eigenvalue weighted by molar-refractivity contribution is -0.134. The molecule has 1 saturated carbocycles. The molecule has 0 atom stereocenters. The lowest BCUT2D eigenvalue weighted by Crippen LogP contribution is -2.48. The van der Waals surface area contributed by atoms with Crippen molar-refractivity contribution in [2.75, 3.05) is 26.2 Å². The van der Waals surface area contributed by atoms with Crippen molar-refractivity contribution in [2.45, 2.75) is 19.4 Å². The van der Waals surface area contributed by atoms with Crippen molar-refractivity contribution in [1.82, 2.24) is 9.80 Å². The van der Waals surface area contributed by atoms with Gasteiger partial charge in [0.25, 0.3) is 0 Å². The first-order valence-corrected chi connectivity index (χ1v) is 8.09. The molecular weight excluding hydrogens is 312 g/mol. The van der Waals surface area contributed by atoms with Gasteiger partial charge >= 0.3 is 0 Å². The normalized spacial score (nSPS) is 21.3. The summed E-state index contributed by atoms with van der Waals surface area (Å²) in [5, 5.41) is 0. The molecule has 0 radical (unpaired) electrons. The van der Waals surface area contributed by atoms with Crippen LogP contribution >= 0.6 is 27.3 Å². The number of amides is 1. The van der Waals surface area contributed by atoms with E-state index in [4.69, 9.17) is 0 Å². The Labute approximate surface area is 120 Å². The van der Waals surface area contributed by atoms with Crippen LogP contribution in [0.5, 0.6) is 0 Å². The van der Waals surface area contributed by atoms with Crippen LogP contribution in [0.15, 0.2) is 15.9 Å². The SMILES string of the molecule is O=C(C1CC1)N1CCN(Cc2ccc(Br)s2)CC1. The van der Waals surface area contributed by atoms with Gasteiger partial charge < -0.3 is 4.90 Å². The van der Waals surface area contributed by atoms with Crippen molar-refractivity contribution >= 4 is 33.2 Å². The summed E-state index contributed by atoms with van der Waals surface area (Å²) < 4.78 is 1.19. The van der Waals surface area contributed by atoms with Gasteiger partial charge in [-0.15, -0.1) is 11.3 Å². The molecule has 1 aliphatic heterocycles. The molecule has 0 N–H and O–H groups in total. The van der Waals surface area contributed by atoms with Crippen molar-refractivity contribution in [1.29, 1.82) is 0 Å². The van der Waals surface area contributed by atoms with Gasteiger partial charge in [0.1, 0.15) is 0 Å². The highest BCUT2D eigenvalue weighted by Crippen LogP contribution is 2.31. The molecule has 3 nitrogen and oxygen atoms in total. The number of thiophene rings is 1. The van der Waals surface area contributed by atoms with Gasteiger partial charge in [-0.3, -0.25) is 9.69 Å². The predicted molar refractivity (Wildman–Crippen MR) is 76.6 cm³/mol. The zero-order chi connectivity index (χ0) is 12.5. The Hall–Kier alpha value is -0.390. The highest BCUT2D eigenvalue weighted by Gasteiger charge is 2.34. The first-order chi connectivity index (χ1) is 8.72. The summed E-state index contributed by atoms with van der Waals surface area (Å²) in [6.45, 7) is 4.84. The molecule has 2 aliphatic rings. The van der Waals surface area contributed by atoms with E-state index < -0.39 is 0 Å². The van der Waals surface area contributed by atoms with Gasteiger partial charge in [-0.2, -0.15) is 0 Å². The van der Waals surface area contributed by atoms with E-state index in [-0.39, 0.29) is 0 Å². The Morgan fingerprint density at radius 2 is 2.00 bits per heavy atom. The maximum atomic E-state index is 11.9. The minimum absolute atomic E-state index is 0.366. The van der Waals surface area contributed by atoms with E-state index in [1.807, 2.05) is 0 Å². The molecule has 1 aliphatic carbocycles. The van der Waals surface area contributed by atoms with E-state index in [2.05, 4.69) is 37.9 Å². The average molecular weight is 329 g/mol. The van der Waals surface area contributed by atoms with Crippen LogP contribution in [0.1, 0.15) is 17.7 Å². The zero-order valence-corrected chi connectivity index (χ0v) is 12.7. The third-order valence-electron chi connectivity index (χ3n) is 3.62. The largest absolute Gasteiger partial charge is 0.340 e.